The molecular formula is C13H10N2O5. The fourth-order valence-electron chi connectivity index (χ4n) is 1.48. The van der Waals surface area contributed by atoms with E-state index >= 15 is 0 Å². The molecule has 1 aromatic carbocycles. The Morgan fingerprint density at radius 2 is 2.15 bits per heavy atom. The number of ether oxygens (including phenoxy) is 1. The van der Waals surface area contributed by atoms with Crippen LogP contribution in [0, 0.1) is 10.1 Å². The summed E-state index contributed by atoms with van der Waals surface area (Å²) < 4.78 is 5.37. The summed E-state index contributed by atoms with van der Waals surface area (Å²) in [4.78, 5) is 24.7. The van der Waals surface area contributed by atoms with Crippen LogP contribution >= 0.6 is 0 Å². The standard InChI is InChI=1S/C13H10N2O5/c16-13(17)9-4-5-10(14-7-9)8-20-12-3-1-2-11(6-12)15(18)19/h1-7H,8H2,(H,16,17). The van der Waals surface area contributed by atoms with Crippen LogP contribution in [0.3, 0.4) is 0 Å². The van der Waals surface area contributed by atoms with Crippen molar-refractivity contribution in [3.05, 3.63) is 64.0 Å². The maximum absolute atomic E-state index is 10.7. The predicted molar refractivity (Wildman–Crippen MR) is 68.6 cm³/mol. The second-order valence-electron chi connectivity index (χ2n) is 3.89. The normalized spacial score (nSPS) is 10.0. The molecule has 0 unspecified atom stereocenters. The summed E-state index contributed by atoms with van der Waals surface area (Å²) in [5, 5.41) is 19.3. The van der Waals surface area contributed by atoms with Crippen molar-refractivity contribution in [1.29, 1.82) is 0 Å². The Morgan fingerprint density at radius 1 is 1.35 bits per heavy atom. The highest BCUT2D eigenvalue weighted by molar-refractivity contribution is 5.87. The molecule has 20 heavy (non-hydrogen) atoms. The Kier molecular flexibility index (Phi) is 3.90. The maximum atomic E-state index is 10.7. The molecule has 1 N–H and O–H groups in total. The molecule has 1 heterocycles. The van der Waals surface area contributed by atoms with E-state index in [2.05, 4.69) is 4.98 Å². The lowest BCUT2D eigenvalue weighted by Crippen LogP contribution is -2.02. The minimum Gasteiger partial charge on any atom is -0.487 e. The zero-order valence-corrected chi connectivity index (χ0v) is 10.2. The fraction of sp³-hybridized carbons (Fsp3) is 0.0769. The van der Waals surface area contributed by atoms with E-state index in [1.165, 1.54) is 36.5 Å². The minimum atomic E-state index is -1.05. The number of rotatable bonds is 5. The van der Waals surface area contributed by atoms with E-state index in [4.69, 9.17) is 9.84 Å². The average Bonchev–Trinajstić information content (AvgIpc) is 2.46. The van der Waals surface area contributed by atoms with E-state index in [0.717, 1.165) is 0 Å². The van der Waals surface area contributed by atoms with Gasteiger partial charge in [-0.15, -0.1) is 0 Å². The molecule has 7 heteroatoms. The van der Waals surface area contributed by atoms with Gasteiger partial charge in [0.25, 0.3) is 5.69 Å². The van der Waals surface area contributed by atoms with Gasteiger partial charge in [-0.3, -0.25) is 15.1 Å². The first-order valence-corrected chi connectivity index (χ1v) is 5.62. The van der Waals surface area contributed by atoms with Crippen LogP contribution in [-0.2, 0) is 6.61 Å². The molecular weight excluding hydrogens is 264 g/mol. The molecule has 0 bridgehead atoms. The van der Waals surface area contributed by atoms with Crippen molar-refractivity contribution in [3.63, 3.8) is 0 Å². The lowest BCUT2D eigenvalue weighted by atomic mass is 10.2. The van der Waals surface area contributed by atoms with Crippen LogP contribution in [0.1, 0.15) is 16.1 Å². The highest BCUT2D eigenvalue weighted by Crippen LogP contribution is 2.19. The molecule has 0 saturated carbocycles. The molecule has 0 fully saturated rings. The molecule has 0 atom stereocenters. The van der Waals surface area contributed by atoms with E-state index in [1.807, 2.05) is 0 Å². The number of nitrogens with zero attached hydrogens (tertiary/aromatic N) is 2. The molecule has 0 saturated heterocycles. The Hall–Kier alpha value is -2.96. The number of non-ortho nitro benzene ring substituents is 1. The summed E-state index contributed by atoms with van der Waals surface area (Å²) in [6.07, 6.45) is 1.23. The smallest absolute Gasteiger partial charge is 0.337 e. The zero-order chi connectivity index (χ0) is 14.5. The molecule has 2 aromatic rings. The van der Waals surface area contributed by atoms with Crippen molar-refractivity contribution in [2.45, 2.75) is 6.61 Å². The first kappa shape index (κ1) is 13.5. The molecule has 0 aliphatic heterocycles. The molecule has 0 radical (unpaired) electrons. The number of aromatic nitrogens is 1. The number of nitro benzene ring substituents is 1. The number of benzene rings is 1. The van der Waals surface area contributed by atoms with Gasteiger partial charge in [-0.2, -0.15) is 0 Å². The number of aromatic carboxylic acids is 1. The summed E-state index contributed by atoms with van der Waals surface area (Å²) in [5.74, 6) is -0.702. The molecule has 2 rings (SSSR count). The number of hydrogen-bond acceptors (Lipinski definition) is 5. The van der Waals surface area contributed by atoms with Crippen LogP contribution < -0.4 is 4.74 Å². The van der Waals surface area contributed by atoms with Gasteiger partial charge in [0.15, 0.2) is 0 Å². The maximum Gasteiger partial charge on any atom is 0.337 e. The largest absolute Gasteiger partial charge is 0.487 e. The summed E-state index contributed by atoms with van der Waals surface area (Å²) in [6, 6.07) is 8.74. The third-order valence-electron chi connectivity index (χ3n) is 2.49. The molecule has 0 aliphatic carbocycles. The molecule has 1 aromatic heterocycles. The summed E-state index contributed by atoms with van der Waals surface area (Å²) >= 11 is 0. The van der Waals surface area contributed by atoms with Crippen molar-refractivity contribution in [1.82, 2.24) is 4.98 Å². The van der Waals surface area contributed by atoms with E-state index < -0.39 is 10.9 Å². The summed E-state index contributed by atoms with van der Waals surface area (Å²) in [5.41, 5.74) is 0.558. The number of nitro groups is 1. The molecule has 0 amide bonds. The molecule has 0 aliphatic rings. The zero-order valence-electron chi connectivity index (χ0n) is 10.2. The summed E-state index contributed by atoms with van der Waals surface area (Å²) in [7, 11) is 0. The topological polar surface area (TPSA) is 103 Å². The highest BCUT2D eigenvalue weighted by Gasteiger charge is 2.07. The van der Waals surface area contributed by atoms with Crippen LogP contribution in [-0.4, -0.2) is 21.0 Å². The Bertz CT molecular complexity index is 639. The predicted octanol–water partition coefficient (Wildman–Crippen LogP) is 2.27. The Labute approximate surface area is 113 Å². The lowest BCUT2D eigenvalue weighted by molar-refractivity contribution is -0.384. The van der Waals surface area contributed by atoms with Crippen LogP contribution in [0.15, 0.2) is 42.6 Å². The number of carbonyl (C=O) groups is 1. The van der Waals surface area contributed by atoms with Gasteiger partial charge < -0.3 is 9.84 Å². The fourth-order valence-corrected chi connectivity index (χ4v) is 1.48. The first-order valence-electron chi connectivity index (χ1n) is 5.62. The van der Waals surface area contributed by atoms with Crippen molar-refractivity contribution in [2.75, 3.05) is 0 Å². The third-order valence-corrected chi connectivity index (χ3v) is 2.49. The summed E-state index contributed by atoms with van der Waals surface area (Å²) in [6.45, 7) is 0.0983. The van der Waals surface area contributed by atoms with E-state index in [-0.39, 0.29) is 17.9 Å². The van der Waals surface area contributed by atoms with Gasteiger partial charge in [0.1, 0.15) is 12.4 Å². The number of pyridine rings is 1. The van der Waals surface area contributed by atoms with Crippen molar-refractivity contribution in [3.8, 4) is 5.75 Å². The van der Waals surface area contributed by atoms with Crippen LogP contribution in [0.25, 0.3) is 0 Å². The van der Waals surface area contributed by atoms with Gasteiger partial charge in [-0.1, -0.05) is 6.07 Å². The van der Waals surface area contributed by atoms with E-state index in [0.29, 0.717) is 11.4 Å². The van der Waals surface area contributed by atoms with E-state index in [1.54, 1.807) is 6.07 Å². The molecule has 0 spiro atoms. The number of carboxylic acids is 1. The lowest BCUT2D eigenvalue weighted by Gasteiger charge is -2.05. The second-order valence-corrected chi connectivity index (χ2v) is 3.89. The Balaban J connectivity index is 2.03. The van der Waals surface area contributed by atoms with Crippen LogP contribution in [0.2, 0.25) is 0 Å². The van der Waals surface area contributed by atoms with Gasteiger partial charge in [-0.25, -0.2) is 4.79 Å². The highest BCUT2D eigenvalue weighted by atomic mass is 16.6. The number of hydrogen-bond donors (Lipinski definition) is 1. The van der Waals surface area contributed by atoms with Gasteiger partial charge in [-0.05, 0) is 18.2 Å². The molecule has 102 valence electrons. The quantitative estimate of drug-likeness (QED) is 0.662. The Morgan fingerprint density at radius 3 is 2.75 bits per heavy atom. The molecule has 7 nitrogen and oxygen atoms in total. The third kappa shape index (κ3) is 3.29. The van der Waals surface area contributed by atoms with Gasteiger partial charge in [0, 0.05) is 12.3 Å². The monoisotopic (exact) mass is 274 g/mol. The van der Waals surface area contributed by atoms with Crippen LogP contribution in [0.5, 0.6) is 5.75 Å². The average molecular weight is 274 g/mol. The number of carboxylic acid groups (broad SMARTS) is 1. The van der Waals surface area contributed by atoms with Gasteiger partial charge >= 0.3 is 5.97 Å². The van der Waals surface area contributed by atoms with Gasteiger partial charge in [0.05, 0.1) is 22.2 Å². The first-order chi connectivity index (χ1) is 9.56. The minimum absolute atomic E-state index is 0.0586. The van der Waals surface area contributed by atoms with Gasteiger partial charge in [0.2, 0.25) is 0 Å². The van der Waals surface area contributed by atoms with Crippen LogP contribution in [0.4, 0.5) is 5.69 Å². The van der Waals surface area contributed by atoms with E-state index in [9.17, 15) is 14.9 Å². The van der Waals surface area contributed by atoms with Crippen molar-refractivity contribution < 1.29 is 19.6 Å². The SMILES string of the molecule is O=C(O)c1ccc(COc2cccc([N+](=O)[O-])c2)nc1. The second kappa shape index (κ2) is 5.79. The van der Waals surface area contributed by atoms with Crippen molar-refractivity contribution >= 4 is 11.7 Å². The van der Waals surface area contributed by atoms with Crippen molar-refractivity contribution in [2.24, 2.45) is 0 Å².